The number of aromatic amines is 1. The summed E-state index contributed by atoms with van der Waals surface area (Å²) < 4.78 is 19.4. The molecule has 0 unspecified atom stereocenters. The van der Waals surface area contributed by atoms with Gasteiger partial charge in [0, 0.05) is 28.8 Å². The highest BCUT2D eigenvalue weighted by molar-refractivity contribution is 5.88. The molecule has 0 bridgehead atoms. The van der Waals surface area contributed by atoms with E-state index >= 15 is 0 Å². The Labute approximate surface area is 202 Å². The van der Waals surface area contributed by atoms with Gasteiger partial charge >= 0.3 is 0 Å². The third-order valence-corrected chi connectivity index (χ3v) is 5.56. The van der Waals surface area contributed by atoms with Crippen molar-refractivity contribution in [2.24, 2.45) is 5.73 Å². The summed E-state index contributed by atoms with van der Waals surface area (Å²) in [6.07, 6.45) is 4.21. The maximum atomic E-state index is 13.4. The predicted octanol–water partition coefficient (Wildman–Crippen LogP) is 5.11. The molecule has 0 radical (unpaired) electrons. The molecule has 0 spiro atoms. The molecular formula is C29H23FN4O. The van der Waals surface area contributed by atoms with E-state index in [-0.39, 0.29) is 11.9 Å². The Morgan fingerprint density at radius 2 is 1.80 bits per heavy atom. The lowest BCUT2D eigenvalue weighted by atomic mass is 10.0. The number of H-pyrrole nitrogens is 1. The minimum absolute atomic E-state index is 0.123. The molecule has 0 amide bonds. The number of aromatic nitrogens is 3. The van der Waals surface area contributed by atoms with Crippen LogP contribution in [-0.2, 0) is 6.42 Å². The van der Waals surface area contributed by atoms with Crippen molar-refractivity contribution in [1.82, 2.24) is 15.2 Å². The first kappa shape index (κ1) is 22.3. The van der Waals surface area contributed by atoms with E-state index in [2.05, 4.69) is 39.2 Å². The van der Waals surface area contributed by atoms with Crippen LogP contribution in [0.25, 0.3) is 22.0 Å². The molecule has 35 heavy (non-hydrogen) atoms. The molecular weight excluding hydrogens is 439 g/mol. The Morgan fingerprint density at radius 1 is 0.914 bits per heavy atom. The smallest absolute Gasteiger partial charge is 0.138 e. The second-order valence-corrected chi connectivity index (χ2v) is 8.26. The molecule has 5 nitrogen and oxygen atoms in total. The molecule has 0 saturated heterocycles. The maximum absolute atomic E-state index is 13.4. The zero-order valence-electron chi connectivity index (χ0n) is 18.9. The van der Waals surface area contributed by atoms with Crippen LogP contribution in [0.1, 0.15) is 16.8 Å². The molecule has 5 aromatic rings. The summed E-state index contributed by atoms with van der Waals surface area (Å²) >= 11 is 0. The summed E-state index contributed by atoms with van der Waals surface area (Å²) in [7, 11) is 0. The highest BCUT2D eigenvalue weighted by Crippen LogP contribution is 2.27. The lowest BCUT2D eigenvalue weighted by Gasteiger charge is -2.14. The van der Waals surface area contributed by atoms with Gasteiger partial charge in [0.15, 0.2) is 0 Å². The standard InChI is InChI=1S/C29H23FN4O/c30-24-8-4-7-21(13-24)9-11-28-27-16-22(10-12-29(27)34-33-28)23-15-26(18-32-17-23)35-19-25(31)14-20-5-2-1-3-6-20/h1-8,10,12-13,15-18,25H,14,19,31H2,(H,33,34)/t25-/m0/s1. The van der Waals surface area contributed by atoms with Crippen molar-refractivity contribution < 1.29 is 9.13 Å². The zero-order chi connectivity index (χ0) is 24.0. The van der Waals surface area contributed by atoms with Gasteiger partial charge in [0.2, 0.25) is 0 Å². The quantitative estimate of drug-likeness (QED) is 0.344. The van der Waals surface area contributed by atoms with Crippen LogP contribution in [0.4, 0.5) is 4.39 Å². The van der Waals surface area contributed by atoms with Gasteiger partial charge in [-0.2, -0.15) is 5.10 Å². The molecule has 3 N–H and O–H groups in total. The Morgan fingerprint density at radius 3 is 2.66 bits per heavy atom. The average molecular weight is 463 g/mol. The highest BCUT2D eigenvalue weighted by atomic mass is 19.1. The number of hydrogen-bond donors (Lipinski definition) is 2. The highest BCUT2D eigenvalue weighted by Gasteiger charge is 2.09. The van der Waals surface area contributed by atoms with Crippen molar-refractivity contribution in [2.75, 3.05) is 6.61 Å². The van der Waals surface area contributed by atoms with Gasteiger partial charge in [-0.05, 0) is 59.9 Å². The van der Waals surface area contributed by atoms with E-state index in [1.807, 2.05) is 42.5 Å². The fourth-order valence-corrected chi connectivity index (χ4v) is 3.82. The summed E-state index contributed by atoms with van der Waals surface area (Å²) in [6, 6.07) is 24.1. The van der Waals surface area contributed by atoms with Gasteiger partial charge in [-0.25, -0.2) is 4.39 Å². The summed E-state index contributed by atoms with van der Waals surface area (Å²) in [4.78, 5) is 4.34. The Kier molecular flexibility index (Phi) is 6.51. The van der Waals surface area contributed by atoms with Crippen molar-refractivity contribution in [3.63, 3.8) is 0 Å². The SMILES string of the molecule is N[C@H](COc1cncc(-c2ccc3n[nH]c(C#Cc4cccc(F)c4)c3c2)c1)Cc1ccccc1. The summed E-state index contributed by atoms with van der Waals surface area (Å²) in [6.45, 7) is 0.389. The van der Waals surface area contributed by atoms with Crippen LogP contribution in [0.5, 0.6) is 5.75 Å². The lowest BCUT2D eigenvalue weighted by molar-refractivity contribution is 0.286. The monoisotopic (exact) mass is 462 g/mol. The fourth-order valence-electron chi connectivity index (χ4n) is 3.82. The number of nitrogens with zero attached hydrogens (tertiary/aromatic N) is 2. The molecule has 0 aliphatic rings. The zero-order valence-corrected chi connectivity index (χ0v) is 18.9. The van der Waals surface area contributed by atoms with E-state index in [0.717, 1.165) is 28.5 Å². The first-order chi connectivity index (χ1) is 17.1. The number of fused-ring (bicyclic) bond motifs is 1. The van der Waals surface area contributed by atoms with Crippen LogP contribution in [0.3, 0.4) is 0 Å². The van der Waals surface area contributed by atoms with Crippen LogP contribution in [-0.4, -0.2) is 27.8 Å². The molecule has 0 saturated carbocycles. The number of nitrogens with one attached hydrogen (secondary N) is 1. The van der Waals surface area contributed by atoms with Gasteiger partial charge in [0.1, 0.15) is 23.9 Å². The molecule has 1 atom stereocenters. The third kappa shape index (κ3) is 5.55. The molecule has 0 fully saturated rings. The maximum Gasteiger partial charge on any atom is 0.138 e. The van der Waals surface area contributed by atoms with Gasteiger partial charge in [0.25, 0.3) is 0 Å². The molecule has 3 aromatic carbocycles. The molecule has 172 valence electrons. The third-order valence-electron chi connectivity index (χ3n) is 5.56. The first-order valence-corrected chi connectivity index (χ1v) is 11.3. The Bertz CT molecular complexity index is 1520. The minimum Gasteiger partial charge on any atom is -0.490 e. The van der Waals surface area contributed by atoms with Crippen LogP contribution < -0.4 is 10.5 Å². The Hall–Kier alpha value is -4.47. The van der Waals surface area contributed by atoms with Crippen molar-refractivity contribution in [3.8, 4) is 28.7 Å². The van der Waals surface area contributed by atoms with Gasteiger partial charge in [-0.3, -0.25) is 10.1 Å². The number of halogens is 1. The number of nitrogens with two attached hydrogens (primary N) is 1. The summed E-state index contributed by atoms with van der Waals surface area (Å²) in [5.74, 6) is 6.39. The normalized spacial score (nSPS) is 11.6. The van der Waals surface area contributed by atoms with Gasteiger partial charge in [-0.15, -0.1) is 0 Å². The van der Waals surface area contributed by atoms with E-state index in [1.165, 1.54) is 17.7 Å². The molecule has 2 aromatic heterocycles. The second kappa shape index (κ2) is 10.2. The number of ether oxygens (including phenoxy) is 1. The van der Waals surface area contributed by atoms with E-state index in [9.17, 15) is 4.39 Å². The van der Waals surface area contributed by atoms with Crippen LogP contribution in [0, 0.1) is 17.7 Å². The van der Waals surface area contributed by atoms with Crippen molar-refractivity contribution in [1.29, 1.82) is 0 Å². The van der Waals surface area contributed by atoms with Gasteiger partial charge in [-0.1, -0.05) is 48.4 Å². The summed E-state index contributed by atoms with van der Waals surface area (Å²) in [5.41, 5.74) is 11.4. The van der Waals surface area contributed by atoms with Crippen molar-refractivity contribution in [2.45, 2.75) is 12.5 Å². The fraction of sp³-hybridized carbons (Fsp3) is 0.103. The van der Waals surface area contributed by atoms with E-state index in [1.54, 1.807) is 24.5 Å². The van der Waals surface area contributed by atoms with Crippen molar-refractivity contribution >= 4 is 10.9 Å². The van der Waals surface area contributed by atoms with Crippen LogP contribution in [0.15, 0.2) is 91.3 Å². The average Bonchev–Trinajstić information content (AvgIpc) is 3.29. The van der Waals surface area contributed by atoms with Crippen molar-refractivity contribution in [3.05, 3.63) is 114 Å². The number of hydrogen-bond acceptors (Lipinski definition) is 4. The molecule has 5 rings (SSSR count). The van der Waals surface area contributed by atoms with Gasteiger partial charge < -0.3 is 10.5 Å². The van der Waals surface area contributed by atoms with Crippen LogP contribution >= 0.6 is 0 Å². The first-order valence-electron chi connectivity index (χ1n) is 11.3. The largest absolute Gasteiger partial charge is 0.490 e. The summed E-state index contributed by atoms with van der Waals surface area (Å²) in [5, 5.41) is 8.18. The second-order valence-electron chi connectivity index (χ2n) is 8.26. The predicted molar refractivity (Wildman–Crippen MR) is 135 cm³/mol. The number of rotatable bonds is 6. The minimum atomic E-state index is -0.316. The lowest BCUT2D eigenvalue weighted by Crippen LogP contribution is -2.30. The van der Waals surface area contributed by atoms with E-state index in [4.69, 9.17) is 10.5 Å². The number of pyridine rings is 1. The Balaban J connectivity index is 1.33. The van der Waals surface area contributed by atoms with E-state index in [0.29, 0.717) is 23.6 Å². The van der Waals surface area contributed by atoms with Crippen LogP contribution in [0.2, 0.25) is 0 Å². The number of benzene rings is 3. The molecule has 0 aliphatic carbocycles. The van der Waals surface area contributed by atoms with Gasteiger partial charge in [0.05, 0.1) is 11.7 Å². The molecule has 6 heteroatoms. The van der Waals surface area contributed by atoms with E-state index < -0.39 is 0 Å². The molecule has 0 aliphatic heterocycles. The molecule has 2 heterocycles. The topological polar surface area (TPSA) is 76.8 Å².